The summed E-state index contributed by atoms with van der Waals surface area (Å²) in [7, 11) is 0. The van der Waals surface area contributed by atoms with Gasteiger partial charge in [-0.25, -0.2) is 9.97 Å². The van der Waals surface area contributed by atoms with E-state index in [2.05, 4.69) is 20.6 Å². The molecule has 1 fully saturated rings. The SMILES string of the molecule is CC1(C(=O)Nc2nc3ccccc3nc2Cl)CCCN1. The predicted octanol–water partition coefficient (Wildman–Crippen LogP) is 2.36. The number of para-hydroxylation sites is 2. The van der Waals surface area contributed by atoms with Crippen LogP contribution in [0.1, 0.15) is 19.8 Å². The second-order valence-electron chi connectivity index (χ2n) is 5.17. The topological polar surface area (TPSA) is 66.9 Å². The second kappa shape index (κ2) is 5.00. The highest BCUT2D eigenvalue weighted by Gasteiger charge is 2.36. The Kier molecular flexibility index (Phi) is 3.31. The van der Waals surface area contributed by atoms with Crippen molar-refractivity contribution in [3.05, 3.63) is 29.4 Å². The van der Waals surface area contributed by atoms with Crippen LogP contribution >= 0.6 is 11.6 Å². The third-order valence-corrected chi connectivity index (χ3v) is 3.89. The molecule has 1 aliphatic heterocycles. The largest absolute Gasteiger partial charge is 0.306 e. The molecule has 0 aliphatic carbocycles. The zero-order valence-corrected chi connectivity index (χ0v) is 11.9. The fraction of sp³-hybridized carbons (Fsp3) is 0.357. The maximum atomic E-state index is 12.3. The smallest absolute Gasteiger partial charge is 0.245 e. The third-order valence-electron chi connectivity index (χ3n) is 3.63. The Hall–Kier alpha value is -1.72. The third kappa shape index (κ3) is 2.34. The summed E-state index contributed by atoms with van der Waals surface area (Å²) in [5.74, 6) is 0.187. The van der Waals surface area contributed by atoms with Crippen LogP contribution in [0.5, 0.6) is 0 Å². The normalized spacial score (nSPS) is 22.1. The number of hydrogen-bond acceptors (Lipinski definition) is 4. The number of benzene rings is 1. The summed E-state index contributed by atoms with van der Waals surface area (Å²) in [5, 5.41) is 6.19. The minimum atomic E-state index is -0.559. The van der Waals surface area contributed by atoms with E-state index in [1.165, 1.54) is 0 Å². The average Bonchev–Trinajstić information content (AvgIpc) is 2.88. The number of nitrogens with zero attached hydrogens (tertiary/aromatic N) is 2. The summed E-state index contributed by atoms with van der Waals surface area (Å²) in [4.78, 5) is 20.9. The molecule has 1 amide bonds. The van der Waals surface area contributed by atoms with Gasteiger partial charge in [-0.1, -0.05) is 23.7 Å². The number of carbonyl (C=O) groups excluding carboxylic acids is 1. The van der Waals surface area contributed by atoms with Crippen LogP contribution in [0, 0.1) is 0 Å². The van der Waals surface area contributed by atoms with Crippen molar-refractivity contribution in [3.8, 4) is 0 Å². The summed E-state index contributed by atoms with van der Waals surface area (Å²) >= 11 is 6.09. The van der Waals surface area contributed by atoms with Gasteiger partial charge >= 0.3 is 0 Å². The van der Waals surface area contributed by atoms with Crippen molar-refractivity contribution < 1.29 is 4.79 Å². The minimum Gasteiger partial charge on any atom is -0.306 e. The van der Waals surface area contributed by atoms with Crippen LogP contribution < -0.4 is 10.6 Å². The lowest BCUT2D eigenvalue weighted by atomic mass is 9.99. The first-order valence-corrected chi connectivity index (χ1v) is 6.95. The molecule has 0 bridgehead atoms. The zero-order valence-electron chi connectivity index (χ0n) is 11.1. The predicted molar refractivity (Wildman–Crippen MR) is 78.8 cm³/mol. The van der Waals surface area contributed by atoms with E-state index in [-0.39, 0.29) is 11.1 Å². The van der Waals surface area contributed by atoms with Gasteiger partial charge in [-0.15, -0.1) is 0 Å². The lowest BCUT2D eigenvalue weighted by Gasteiger charge is -2.22. The van der Waals surface area contributed by atoms with E-state index in [0.29, 0.717) is 16.9 Å². The number of amides is 1. The molecule has 2 N–H and O–H groups in total. The van der Waals surface area contributed by atoms with Crippen molar-refractivity contribution in [1.82, 2.24) is 15.3 Å². The van der Waals surface area contributed by atoms with Gasteiger partial charge in [0.1, 0.15) is 0 Å². The van der Waals surface area contributed by atoms with Crippen LogP contribution in [0.2, 0.25) is 5.15 Å². The Morgan fingerprint density at radius 2 is 2.05 bits per heavy atom. The van der Waals surface area contributed by atoms with Crippen molar-refractivity contribution >= 4 is 34.4 Å². The highest BCUT2D eigenvalue weighted by Crippen LogP contribution is 2.24. The van der Waals surface area contributed by atoms with Gasteiger partial charge in [0.2, 0.25) is 5.91 Å². The molecule has 5 nitrogen and oxygen atoms in total. The van der Waals surface area contributed by atoms with Gasteiger partial charge in [0.15, 0.2) is 11.0 Å². The number of fused-ring (bicyclic) bond motifs is 1. The molecule has 2 heterocycles. The van der Waals surface area contributed by atoms with Gasteiger partial charge in [-0.3, -0.25) is 4.79 Å². The lowest BCUT2D eigenvalue weighted by Crippen LogP contribution is -2.48. The number of hydrogen-bond donors (Lipinski definition) is 2. The van der Waals surface area contributed by atoms with E-state index in [1.54, 1.807) is 0 Å². The molecule has 0 spiro atoms. The van der Waals surface area contributed by atoms with E-state index < -0.39 is 5.54 Å². The van der Waals surface area contributed by atoms with Gasteiger partial charge in [-0.05, 0) is 38.4 Å². The summed E-state index contributed by atoms with van der Waals surface area (Å²) in [6.07, 6.45) is 1.79. The Labute approximate surface area is 121 Å². The van der Waals surface area contributed by atoms with E-state index in [9.17, 15) is 4.79 Å². The molecule has 1 aliphatic rings. The summed E-state index contributed by atoms with van der Waals surface area (Å²) in [6, 6.07) is 7.41. The van der Waals surface area contributed by atoms with Crippen molar-refractivity contribution in [2.75, 3.05) is 11.9 Å². The van der Waals surface area contributed by atoms with Crippen LogP contribution in [0.4, 0.5) is 5.82 Å². The Bertz CT molecular complexity index is 667. The van der Waals surface area contributed by atoms with Crippen molar-refractivity contribution in [1.29, 1.82) is 0 Å². The molecule has 1 aromatic heterocycles. The van der Waals surface area contributed by atoms with Crippen LogP contribution in [0.15, 0.2) is 24.3 Å². The van der Waals surface area contributed by atoms with Crippen molar-refractivity contribution in [2.24, 2.45) is 0 Å². The van der Waals surface area contributed by atoms with Crippen LogP contribution in [0.25, 0.3) is 11.0 Å². The fourth-order valence-corrected chi connectivity index (χ4v) is 2.57. The van der Waals surface area contributed by atoms with Gasteiger partial charge in [0, 0.05) is 0 Å². The molecule has 0 saturated carbocycles. The van der Waals surface area contributed by atoms with Crippen LogP contribution in [0.3, 0.4) is 0 Å². The van der Waals surface area contributed by atoms with E-state index >= 15 is 0 Å². The van der Waals surface area contributed by atoms with E-state index in [4.69, 9.17) is 11.6 Å². The van der Waals surface area contributed by atoms with Gasteiger partial charge < -0.3 is 10.6 Å². The van der Waals surface area contributed by atoms with Crippen LogP contribution in [-0.2, 0) is 4.79 Å². The maximum absolute atomic E-state index is 12.3. The number of carbonyl (C=O) groups is 1. The number of nitrogens with one attached hydrogen (secondary N) is 2. The molecule has 1 saturated heterocycles. The Morgan fingerprint density at radius 1 is 1.35 bits per heavy atom. The van der Waals surface area contributed by atoms with Gasteiger partial charge in [0.25, 0.3) is 0 Å². The molecule has 20 heavy (non-hydrogen) atoms. The van der Waals surface area contributed by atoms with Crippen LogP contribution in [-0.4, -0.2) is 28.0 Å². The van der Waals surface area contributed by atoms with Gasteiger partial charge in [0.05, 0.1) is 16.6 Å². The molecule has 6 heteroatoms. The number of anilines is 1. The van der Waals surface area contributed by atoms with Crippen molar-refractivity contribution in [2.45, 2.75) is 25.3 Å². The van der Waals surface area contributed by atoms with E-state index in [1.807, 2.05) is 31.2 Å². The zero-order chi connectivity index (χ0) is 14.2. The molecular formula is C14H15ClN4O. The first-order valence-electron chi connectivity index (χ1n) is 6.57. The second-order valence-corrected chi connectivity index (χ2v) is 5.53. The van der Waals surface area contributed by atoms with E-state index in [0.717, 1.165) is 19.4 Å². The number of aromatic nitrogens is 2. The highest BCUT2D eigenvalue weighted by molar-refractivity contribution is 6.32. The fourth-order valence-electron chi connectivity index (χ4n) is 2.39. The molecule has 3 rings (SSSR count). The molecule has 1 unspecified atom stereocenters. The number of halogens is 1. The lowest BCUT2D eigenvalue weighted by molar-refractivity contribution is -0.121. The summed E-state index contributed by atoms with van der Waals surface area (Å²) < 4.78 is 0. The molecule has 1 atom stereocenters. The quantitative estimate of drug-likeness (QED) is 0.891. The molecule has 104 valence electrons. The molecule has 1 aromatic carbocycles. The summed E-state index contributed by atoms with van der Waals surface area (Å²) in [6.45, 7) is 2.73. The Morgan fingerprint density at radius 3 is 2.70 bits per heavy atom. The maximum Gasteiger partial charge on any atom is 0.245 e. The monoisotopic (exact) mass is 290 g/mol. The number of rotatable bonds is 2. The van der Waals surface area contributed by atoms with Gasteiger partial charge in [-0.2, -0.15) is 0 Å². The highest BCUT2D eigenvalue weighted by atomic mass is 35.5. The first kappa shape index (κ1) is 13.3. The minimum absolute atomic E-state index is 0.124. The molecule has 2 aromatic rings. The molecular weight excluding hydrogens is 276 g/mol. The first-order chi connectivity index (χ1) is 9.58. The standard InChI is InChI=1S/C14H15ClN4O/c1-14(7-4-8-16-14)13(20)19-12-11(15)17-9-5-2-3-6-10(9)18-12/h2-3,5-6,16H,4,7-8H2,1H3,(H,18,19,20). The molecule has 0 radical (unpaired) electrons. The van der Waals surface area contributed by atoms with Crippen molar-refractivity contribution in [3.63, 3.8) is 0 Å². The summed E-state index contributed by atoms with van der Waals surface area (Å²) in [5.41, 5.74) is 0.855. The Balaban J connectivity index is 1.90. The average molecular weight is 291 g/mol.